The molecule has 2 amide bonds. The quantitative estimate of drug-likeness (QED) is 0.337. The molecule has 1 aromatic carbocycles. The van der Waals surface area contributed by atoms with Crippen molar-refractivity contribution in [3.05, 3.63) is 42.4 Å². The zero-order valence-electron chi connectivity index (χ0n) is 21.5. The third-order valence-electron chi connectivity index (χ3n) is 8.33. The zero-order chi connectivity index (χ0) is 26.0. The molecule has 1 aromatic heterocycles. The standard InChI is InChI=1S/C26H39N4O4SSi/c1-36(2,26(27)32)17-16-35(33,34)24(21-6-7-23-20(18-21)8-13-29-23)19-25(31)30(14-4-3-5-15-30)22-9-11-28-12-10-22/h6-8,13,18-19,22,24,28-29H,3-5,9-12,14-17H2,1-2H3,(H-,27,32)/p+1. The first-order valence-electron chi connectivity index (χ1n) is 13.1. The number of benzene rings is 1. The molecule has 1 unspecified atom stereocenters. The summed E-state index contributed by atoms with van der Waals surface area (Å²) < 4.78 is 28.0. The van der Waals surface area contributed by atoms with Crippen molar-refractivity contribution in [1.82, 2.24) is 10.3 Å². The van der Waals surface area contributed by atoms with Gasteiger partial charge in [0.15, 0.2) is 23.4 Å². The number of nitrogens with zero attached hydrogens (tertiary/aromatic N) is 1. The number of carbonyl (C=O) groups is 2. The maximum atomic E-state index is 14.1. The molecule has 2 aliphatic rings. The van der Waals surface area contributed by atoms with Gasteiger partial charge in [-0.3, -0.25) is 9.28 Å². The zero-order valence-corrected chi connectivity index (χ0v) is 23.3. The maximum absolute atomic E-state index is 14.1. The summed E-state index contributed by atoms with van der Waals surface area (Å²) in [6, 6.07) is 7.88. The molecule has 0 saturated carbocycles. The van der Waals surface area contributed by atoms with Crippen LogP contribution in [0.1, 0.15) is 42.9 Å². The van der Waals surface area contributed by atoms with Gasteiger partial charge in [-0.05, 0) is 54.5 Å². The Hall–Kier alpha value is -2.01. The number of H-pyrrole nitrogens is 1. The van der Waals surface area contributed by atoms with Crippen LogP contribution < -0.4 is 11.1 Å². The predicted octanol–water partition coefficient (Wildman–Crippen LogP) is 3.48. The second-order valence-electron chi connectivity index (χ2n) is 11.1. The first-order chi connectivity index (χ1) is 17.1. The summed E-state index contributed by atoms with van der Waals surface area (Å²) in [7, 11) is -6.31. The molecule has 3 heterocycles. The predicted molar refractivity (Wildman–Crippen MR) is 146 cm³/mol. The average molecular weight is 533 g/mol. The topological polar surface area (TPSA) is 122 Å². The summed E-state index contributed by atoms with van der Waals surface area (Å²) in [5.74, 6) is -0.238. The molecule has 2 aliphatic heterocycles. The summed E-state index contributed by atoms with van der Waals surface area (Å²) in [5, 5.41) is 3.24. The van der Waals surface area contributed by atoms with Gasteiger partial charge in [0, 0.05) is 43.4 Å². The fraction of sp³-hybridized carbons (Fsp3) is 0.577. The summed E-state index contributed by atoms with van der Waals surface area (Å²) in [6.07, 6.45) is 8.23. The number of hydrogen-bond donors (Lipinski definition) is 3. The first kappa shape index (κ1) is 27.0. The minimum absolute atomic E-state index is 0.0734. The SMILES string of the molecule is C[Si](C)(CCS(=O)(=O)C([CH]C(=O)[N+]1(C2CCNCC2)CCCCC1)c1ccc2[nH]ccc2c1)C(N)=O. The van der Waals surface area contributed by atoms with Gasteiger partial charge in [-0.1, -0.05) is 19.2 Å². The number of amides is 2. The summed E-state index contributed by atoms with van der Waals surface area (Å²) >= 11 is 0. The fourth-order valence-corrected chi connectivity index (χ4v) is 10.3. The largest absolute Gasteiger partial charge is 0.374 e. The normalized spacial score (nSPS) is 20.3. The van der Waals surface area contributed by atoms with E-state index in [9.17, 15) is 18.0 Å². The van der Waals surface area contributed by atoms with Gasteiger partial charge in [0.05, 0.1) is 19.1 Å². The fourth-order valence-electron chi connectivity index (χ4n) is 5.72. The molecule has 1 radical (unpaired) electrons. The smallest absolute Gasteiger partial charge is 0.319 e. The Morgan fingerprint density at radius 2 is 1.83 bits per heavy atom. The van der Waals surface area contributed by atoms with E-state index in [0.29, 0.717) is 10.0 Å². The van der Waals surface area contributed by atoms with E-state index in [2.05, 4.69) is 10.3 Å². The molecule has 2 aromatic rings. The maximum Gasteiger partial charge on any atom is 0.319 e. The van der Waals surface area contributed by atoms with Gasteiger partial charge in [0.2, 0.25) is 0 Å². The van der Waals surface area contributed by atoms with E-state index >= 15 is 0 Å². The van der Waals surface area contributed by atoms with Crippen LogP contribution in [0.4, 0.5) is 4.79 Å². The third-order valence-corrected chi connectivity index (χ3v) is 13.5. The lowest BCUT2D eigenvalue weighted by atomic mass is 9.94. The second kappa shape index (κ2) is 10.8. The number of primary amides is 1. The van der Waals surface area contributed by atoms with E-state index in [4.69, 9.17) is 5.73 Å². The number of carbonyl (C=O) groups excluding carboxylic acids is 2. The van der Waals surface area contributed by atoms with Crippen LogP contribution in [-0.2, 0) is 14.6 Å². The Morgan fingerprint density at radius 1 is 1.14 bits per heavy atom. The van der Waals surface area contributed by atoms with Crippen LogP contribution in [0.3, 0.4) is 0 Å². The number of piperidine rings is 2. The number of hydrogen-bond acceptors (Lipinski definition) is 5. The molecule has 2 fully saturated rings. The van der Waals surface area contributed by atoms with Gasteiger partial charge in [0.1, 0.15) is 11.7 Å². The number of aromatic nitrogens is 1. The summed E-state index contributed by atoms with van der Waals surface area (Å²) in [4.78, 5) is 29.2. The van der Waals surface area contributed by atoms with Gasteiger partial charge in [0.25, 0.3) is 0 Å². The Labute approximate surface area is 215 Å². The van der Waals surface area contributed by atoms with E-state index in [1.807, 2.05) is 24.4 Å². The Balaban J connectivity index is 1.68. The molecule has 8 nitrogen and oxygen atoms in total. The minimum atomic E-state index is -3.77. The lowest BCUT2D eigenvalue weighted by Gasteiger charge is -2.46. The van der Waals surface area contributed by atoms with E-state index in [1.54, 1.807) is 19.2 Å². The highest BCUT2D eigenvalue weighted by Crippen LogP contribution is 2.35. The molecule has 0 spiro atoms. The average Bonchev–Trinajstić information content (AvgIpc) is 3.35. The van der Waals surface area contributed by atoms with Crippen LogP contribution in [0.15, 0.2) is 30.5 Å². The van der Waals surface area contributed by atoms with Gasteiger partial charge in [-0.15, -0.1) is 0 Å². The van der Waals surface area contributed by atoms with Crippen molar-refractivity contribution in [2.45, 2.75) is 62.5 Å². The number of nitrogens with one attached hydrogen (secondary N) is 2. The van der Waals surface area contributed by atoms with E-state index < -0.39 is 28.7 Å². The molecule has 197 valence electrons. The summed E-state index contributed by atoms with van der Waals surface area (Å²) in [6.45, 7) is 6.90. The number of quaternary nitrogens is 1. The monoisotopic (exact) mass is 532 g/mol. The van der Waals surface area contributed by atoms with Gasteiger partial charge in [-0.2, -0.15) is 0 Å². The molecule has 4 N–H and O–H groups in total. The molecule has 10 heteroatoms. The number of rotatable bonds is 9. The van der Waals surface area contributed by atoms with Crippen LogP contribution >= 0.6 is 0 Å². The van der Waals surface area contributed by atoms with Crippen molar-refractivity contribution in [1.29, 1.82) is 0 Å². The lowest BCUT2D eigenvalue weighted by Crippen LogP contribution is -2.64. The van der Waals surface area contributed by atoms with Gasteiger partial charge in [-0.25, -0.2) is 13.2 Å². The molecule has 1 atom stereocenters. The van der Waals surface area contributed by atoms with Crippen molar-refractivity contribution < 1.29 is 22.5 Å². The second-order valence-corrected chi connectivity index (χ2v) is 18.1. The van der Waals surface area contributed by atoms with Crippen molar-refractivity contribution in [3.8, 4) is 0 Å². The minimum Gasteiger partial charge on any atom is -0.374 e. The lowest BCUT2D eigenvalue weighted by molar-refractivity contribution is -0.884. The van der Waals surface area contributed by atoms with Gasteiger partial charge < -0.3 is 16.0 Å². The van der Waals surface area contributed by atoms with Crippen molar-refractivity contribution in [3.63, 3.8) is 0 Å². The van der Waals surface area contributed by atoms with E-state index in [-0.39, 0.29) is 23.7 Å². The molecule has 4 rings (SSSR count). The van der Waals surface area contributed by atoms with Crippen molar-refractivity contribution in [2.75, 3.05) is 31.9 Å². The number of aromatic amines is 1. The highest BCUT2D eigenvalue weighted by atomic mass is 32.2. The van der Waals surface area contributed by atoms with E-state index in [0.717, 1.165) is 69.2 Å². The van der Waals surface area contributed by atoms with Crippen LogP contribution in [0.5, 0.6) is 0 Å². The van der Waals surface area contributed by atoms with Crippen LogP contribution in [0.2, 0.25) is 19.1 Å². The number of nitrogens with two attached hydrogens (primary N) is 1. The molecule has 0 bridgehead atoms. The van der Waals surface area contributed by atoms with Crippen LogP contribution in [0, 0.1) is 6.42 Å². The Kier molecular flexibility index (Phi) is 8.09. The highest BCUT2D eigenvalue weighted by molar-refractivity contribution is 7.91. The Morgan fingerprint density at radius 3 is 2.50 bits per heavy atom. The molecule has 0 aliphatic carbocycles. The Bertz CT molecular complexity index is 1200. The number of fused-ring (bicyclic) bond motifs is 1. The van der Waals surface area contributed by atoms with Gasteiger partial charge >= 0.3 is 5.91 Å². The van der Waals surface area contributed by atoms with E-state index in [1.165, 1.54) is 6.42 Å². The van der Waals surface area contributed by atoms with Crippen LogP contribution in [-0.4, -0.2) is 75.4 Å². The third kappa shape index (κ3) is 5.61. The first-order valence-corrected chi connectivity index (χ1v) is 18.0. The number of likely N-dealkylation sites (tertiary alicyclic amines) is 1. The molecular formula is C26H40N4O4SSi+. The highest BCUT2D eigenvalue weighted by Gasteiger charge is 2.47. The van der Waals surface area contributed by atoms with Crippen molar-refractivity contribution >= 4 is 40.3 Å². The molecule has 36 heavy (non-hydrogen) atoms. The molecular weight excluding hydrogens is 492 g/mol. The van der Waals surface area contributed by atoms with Crippen molar-refractivity contribution in [2.24, 2.45) is 5.73 Å². The summed E-state index contributed by atoms with van der Waals surface area (Å²) in [5.41, 5.74) is 6.68. The number of sulfone groups is 1. The van der Waals surface area contributed by atoms with Crippen LogP contribution in [0.25, 0.3) is 10.9 Å². The molecule has 2 saturated heterocycles.